The van der Waals surface area contributed by atoms with E-state index >= 15 is 0 Å². The van der Waals surface area contributed by atoms with Gasteiger partial charge in [-0.25, -0.2) is 4.98 Å². The fraction of sp³-hybridized carbons (Fsp3) is 0.379. The molecule has 2 aromatic heterocycles. The van der Waals surface area contributed by atoms with Crippen molar-refractivity contribution in [2.75, 3.05) is 19.0 Å². The molecule has 0 saturated carbocycles. The monoisotopic (exact) mass is 477 g/mol. The molecule has 35 heavy (non-hydrogen) atoms. The van der Waals surface area contributed by atoms with Crippen molar-refractivity contribution < 1.29 is 13.9 Å². The van der Waals surface area contributed by atoms with E-state index in [9.17, 15) is 0 Å². The van der Waals surface area contributed by atoms with Crippen LogP contribution in [0.2, 0.25) is 0 Å². The van der Waals surface area contributed by atoms with Crippen LogP contribution in [0.1, 0.15) is 53.4 Å². The van der Waals surface area contributed by atoms with Crippen molar-refractivity contribution in [2.45, 2.75) is 59.9 Å². The van der Waals surface area contributed by atoms with Crippen molar-refractivity contribution in [3.8, 4) is 28.3 Å². The van der Waals surface area contributed by atoms with E-state index in [1.165, 1.54) is 25.7 Å². The highest BCUT2D eigenvalue weighted by molar-refractivity contribution is 6.03. The predicted molar refractivity (Wildman–Crippen MR) is 146 cm³/mol. The maximum Gasteiger partial charge on any atom is 0.181 e. The van der Waals surface area contributed by atoms with Crippen molar-refractivity contribution in [2.24, 2.45) is 0 Å². The summed E-state index contributed by atoms with van der Waals surface area (Å²) in [7, 11) is 1.71. The molecule has 188 valence electrons. The number of oxazole rings is 1. The summed E-state index contributed by atoms with van der Waals surface area (Å²) in [5.74, 6) is 1.63. The van der Waals surface area contributed by atoms with E-state index < -0.39 is 0 Å². The Morgan fingerprint density at radius 2 is 1.74 bits per heavy atom. The van der Waals surface area contributed by atoms with E-state index in [0.29, 0.717) is 0 Å². The van der Waals surface area contributed by atoms with E-state index in [4.69, 9.17) is 13.9 Å². The van der Waals surface area contributed by atoms with Crippen molar-refractivity contribution in [3.63, 3.8) is 0 Å². The number of anilines is 1. The number of hydrogen-bond donors (Lipinski definition) is 1. The Kier molecular flexibility index (Phi) is 11.6. The molecule has 2 heterocycles. The zero-order valence-corrected chi connectivity index (χ0v) is 21.8. The fourth-order valence-electron chi connectivity index (χ4n) is 3.96. The number of carbonyl (C=O) groups is 1. The van der Waals surface area contributed by atoms with Gasteiger partial charge in [-0.15, -0.1) is 0 Å². The molecule has 0 saturated heterocycles. The summed E-state index contributed by atoms with van der Waals surface area (Å²) in [5.41, 5.74) is 5.67. The van der Waals surface area contributed by atoms with E-state index in [2.05, 4.69) is 79.0 Å². The molecule has 6 heteroatoms. The molecule has 6 nitrogen and oxygen atoms in total. The molecular weight excluding hydrogens is 438 g/mol. The number of carbonyl (C=O) groups excluding carboxylic acids is 1. The second-order valence-corrected chi connectivity index (χ2v) is 8.19. The van der Waals surface area contributed by atoms with E-state index in [1.54, 1.807) is 13.3 Å². The van der Waals surface area contributed by atoms with Crippen LogP contribution in [0.3, 0.4) is 0 Å². The minimum Gasteiger partial charge on any atom is -0.497 e. The lowest BCUT2D eigenvalue weighted by molar-refractivity contribution is -0.0979. The van der Waals surface area contributed by atoms with Gasteiger partial charge in [-0.05, 0) is 42.7 Å². The lowest BCUT2D eigenvalue weighted by Gasteiger charge is -2.13. The molecule has 0 spiro atoms. The first-order chi connectivity index (χ1) is 17.2. The first-order valence-corrected chi connectivity index (χ1v) is 12.4. The summed E-state index contributed by atoms with van der Waals surface area (Å²) in [4.78, 5) is 12.2. The number of unbranched alkanes of at least 4 members (excludes halogenated alkanes) is 1. The molecule has 2 aromatic carbocycles. The third kappa shape index (κ3) is 6.75. The number of aromatic nitrogens is 2. The van der Waals surface area contributed by atoms with Crippen LogP contribution < -0.4 is 10.1 Å². The van der Waals surface area contributed by atoms with Crippen LogP contribution in [0.5, 0.6) is 5.75 Å². The minimum absolute atomic E-state index is 0.778. The predicted octanol–water partition coefficient (Wildman–Crippen LogP) is 7.83. The summed E-state index contributed by atoms with van der Waals surface area (Å²) in [6.07, 6.45) is 7.92. The summed E-state index contributed by atoms with van der Waals surface area (Å²) < 4.78 is 13.6. The van der Waals surface area contributed by atoms with Gasteiger partial charge in [0.05, 0.1) is 30.1 Å². The number of fused-ring (bicyclic) bond motifs is 1. The van der Waals surface area contributed by atoms with Crippen molar-refractivity contribution >= 4 is 23.4 Å². The zero-order chi connectivity index (χ0) is 25.6. The third-order valence-electron chi connectivity index (χ3n) is 5.42. The number of ether oxygens (including phenoxy) is 1. The molecular formula is C29H39N3O3. The molecule has 0 aliphatic heterocycles. The maximum atomic E-state index is 8.00. The molecule has 0 amide bonds. The minimum atomic E-state index is 0.778. The second kappa shape index (κ2) is 14.7. The Bertz CT molecular complexity index is 1130. The molecule has 0 atom stereocenters. The number of benzene rings is 2. The molecule has 0 unspecified atom stereocenters. The van der Waals surface area contributed by atoms with Gasteiger partial charge in [0.25, 0.3) is 0 Å². The molecule has 0 bridgehead atoms. The van der Waals surface area contributed by atoms with Gasteiger partial charge in [0.15, 0.2) is 12.2 Å². The standard InChI is InChI=1S/C25H29N3O2.C3H8.CH2O/c1-4-6-13-27-19-9-7-18(8-10-19)25-24(23-16-26-17-30-23)21-12-11-20(29-3)15-22(21)28(25)14-5-2;1-3-2;1-2/h7-12,15-17,27H,4-6,13-14H2,1-3H3;3H2,1-2H3;1H2. The number of hydrogen-bond acceptors (Lipinski definition) is 5. The molecule has 0 aliphatic carbocycles. The van der Waals surface area contributed by atoms with Crippen molar-refractivity contribution in [1.29, 1.82) is 0 Å². The average Bonchev–Trinajstić information content (AvgIpc) is 3.53. The van der Waals surface area contributed by atoms with Crippen LogP contribution >= 0.6 is 0 Å². The van der Waals surface area contributed by atoms with Crippen LogP contribution in [0, 0.1) is 0 Å². The van der Waals surface area contributed by atoms with Gasteiger partial charge in [-0.3, -0.25) is 0 Å². The smallest absolute Gasteiger partial charge is 0.181 e. The van der Waals surface area contributed by atoms with Gasteiger partial charge in [0, 0.05) is 30.2 Å². The van der Waals surface area contributed by atoms with Crippen molar-refractivity contribution in [1.82, 2.24) is 9.55 Å². The Morgan fingerprint density at radius 1 is 1.03 bits per heavy atom. The SMILES string of the molecule is C=O.CCC.CCCCNc1ccc(-c2c(-c3cnco3)c3ccc(OC)cc3n2CCC)cc1. The van der Waals surface area contributed by atoms with Crippen LogP contribution in [0.15, 0.2) is 59.5 Å². The van der Waals surface area contributed by atoms with Gasteiger partial charge in [0.2, 0.25) is 0 Å². The Morgan fingerprint density at radius 3 is 2.31 bits per heavy atom. The Hall–Kier alpha value is -3.54. The molecule has 0 aliphatic rings. The Labute approximate surface area is 209 Å². The number of aryl methyl sites for hydroxylation is 1. The molecule has 0 radical (unpaired) electrons. The highest BCUT2D eigenvalue weighted by Gasteiger charge is 2.22. The van der Waals surface area contributed by atoms with Gasteiger partial charge in [0.1, 0.15) is 12.5 Å². The number of methoxy groups -OCH3 is 1. The fourth-order valence-corrected chi connectivity index (χ4v) is 3.96. The van der Waals surface area contributed by atoms with Crippen molar-refractivity contribution in [3.05, 3.63) is 55.1 Å². The number of rotatable bonds is 9. The quantitative estimate of drug-likeness (QED) is 0.249. The van der Waals surface area contributed by atoms with Gasteiger partial charge in [-0.1, -0.05) is 52.7 Å². The molecule has 1 N–H and O–H groups in total. The first-order valence-electron chi connectivity index (χ1n) is 12.4. The normalized spacial score (nSPS) is 10.2. The molecule has 4 rings (SSSR count). The van der Waals surface area contributed by atoms with Crippen LogP contribution in [0.25, 0.3) is 33.5 Å². The number of nitrogens with zero attached hydrogens (tertiary/aromatic N) is 2. The van der Waals surface area contributed by atoms with Gasteiger partial charge < -0.3 is 23.8 Å². The number of nitrogens with one attached hydrogen (secondary N) is 1. The lowest BCUT2D eigenvalue weighted by atomic mass is 10.0. The Balaban J connectivity index is 0.000000803. The largest absolute Gasteiger partial charge is 0.497 e. The van der Waals surface area contributed by atoms with E-state index in [-0.39, 0.29) is 0 Å². The molecule has 0 fully saturated rings. The topological polar surface area (TPSA) is 69.3 Å². The van der Waals surface area contributed by atoms with E-state index in [1.807, 2.05) is 12.9 Å². The summed E-state index contributed by atoms with van der Waals surface area (Å²) in [6, 6.07) is 14.9. The zero-order valence-electron chi connectivity index (χ0n) is 21.8. The average molecular weight is 478 g/mol. The highest BCUT2D eigenvalue weighted by atomic mass is 16.5. The highest BCUT2D eigenvalue weighted by Crippen LogP contribution is 2.42. The van der Waals surface area contributed by atoms with Crippen LogP contribution in [-0.2, 0) is 11.3 Å². The summed E-state index contributed by atoms with van der Waals surface area (Å²) in [5, 5.41) is 4.64. The van der Waals surface area contributed by atoms with Crippen LogP contribution in [0.4, 0.5) is 5.69 Å². The lowest BCUT2D eigenvalue weighted by Crippen LogP contribution is -2.02. The summed E-state index contributed by atoms with van der Waals surface area (Å²) in [6.45, 7) is 12.6. The van der Waals surface area contributed by atoms with Gasteiger partial charge >= 0.3 is 0 Å². The second-order valence-electron chi connectivity index (χ2n) is 8.19. The molecule has 4 aromatic rings. The maximum absolute atomic E-state index is 8.00. The first kappa shape index (κ1) is 27.7. The van der Waals surface area contributed by atoms with Gasteiger partial charge in [-0.2, -0.15) is 0 Å². The third-order valence-corrected chi connectivity index (χ3v) is 5.42. The summed E-state index contributed by atoms with van der Waals surface area (Å²) >= 11 is 0. The van der Waals surface area contributed by atoms with Crippen LogP contribution in [-0.4, -0.2) is 30.0 Å². The van der Waals surface area contributed by atoms with E-state index in [0.717, 1.165) is 64.4 Å².